The Hall–Kier alpha value is -4.65. The van der Waals surface area contributed by atoms with Gasteiger partial charge < -0.3 is 15.4 Å². The first-order valence-electron chi connectivity index (χ1n) is 12.1. The summed E-state index contributed by atoms with van der Waals surface area (Å²) in [6.07, 6.45) is 2.22. The molecular formula is C26H24N4O8S. The van der Waals surface area contributed by atoms with Gasteiger partial charge >= 0.3 is 5.97 Å². The molecule has 12 nitrogen and oxygen atoms in total. The van der Waals surface area contributed by atoms with E-state index in [0.29, 0.717) is 12.3 Å². The molecule has 0 saturated heterocycles. The van der Waals surface area contributed by atoms with Crippen LogP contribution in [0.4, 0.5) is 16.4 Å². The van der Waals surface area contributed by atoms with Crippen molar-refractivity contribution < 1.29 is 29.0 Å². The number of anilines is 1. The first-order valence-corrected chi connectivity index (χ1v) is 12.9. The Kier molecular flexibility index (Phi) is 8.30. The maximum absolute atomic E-state index is 13.2. The van der Waals surface area contributed by atoms with Crippen LogP contribution in [-0.4, -0.2) is 40.8 Å². The molecule has 4 rings (SSSR count). The smallest absolute Gasteiger partial charge is 0.345 e. The third kappa shape index (κ3) is 6.09. The minimum Gasteiger partial charge on any atom is -0.460 e. The molecule has 1 unspecified atom stereocenters. The average molecular weight is 553 g/mol. The van der Waals surface area contributed by atoms with Gasteiger partial charge in [-0.15, -0.1) is 11.3 Å². The highest BCUT2D eigenvalue weighted by atomic mass is 32.1. The highest BCUT2D eigenvalue weighted by Crippen LogP contribution is 2.40. The minimum atomic E-state index is -0.893. The first kappa shape index (κ1) is 27.4. The van der Waals surface area contributed by atoms with Crippen LogP contribution in [0.1, 0.15) is 54.9 Å². The van der Waals surface area contributed by atoms with Crippen LogP contribution in [0.3, 0.4) is 0 Å². The number of para-hydroxylation sites is 2. The van der Waals surface area contributed by atoms with E-state index < -0.39 is 27.6 Å². The number of nitro groups is 2. The van der Waals surface area contributed by atoms with Crippen LogP contribution in [0.25, 0.3) is 0 Å². The summed E-state index contributed by atoms with van der Waals surface area (Å²) in [5.41, 5.74) is 0.0238. The van der Waals surface area contributed by atoms with Crippen molar-refractivity contribution in [3.05, 3.63) is 95.9 Å². The second-order valence-electron chi connectivity index (χ2n) is 8.95. The number of fused-ring (bicyclic) bond motifs is 1. The topological polar surface area (TPSA) is 171 Å². The van der Waals surface area contributed by atoms with Crippen molar-refractivity contribution in [2.45, 2.75) is 26.2 Å². The normalized spacial score (nSPS) is 14.1. The third-order valence-electron chi connectivity index (χ3n) is 6.25. The molecule has 1 aromatic heterocycles. The van der Waals surface area contributed by atoms with E-state index in [1.165, 1.54) is 59.9 Å². The Labute approximate surface area is 226 Å². The molecule has 1 atom stereocenters. The van der Waals surface area contributed by atoms with E-state index in [-0.39, 0.29) is 46.2 Å². The fourth-order valence-corrected chi connectivity index (χ4v) is 5.76. The van der Waals surface area contributed by atoms with Gasteiger partial charge in [-0.25, -0.2) is 4.79 Å². The molecule has 1 aliphatic rings. The first-order chi connectivity index (χ1) is 18.7. The van der Waals surface area contributed by atoms with Gasteiger partial charge in [0, 0.05) is 17.0 Å². The SMILES string of the molecule is CC1CCc2c(sc(NC(=O)c3ccccc3[N+](=O)[O-])c2C(=O)NCCOC(=O)c2ccccc2[N+](=O)[O-])C1. The number of nitrogens with zero attached hydrogens (tertiary/aromatic N) is 2. The highest BCUT2D eigenvalue weighted by Gasteiger charge is 2.30. The van der Waals surface area contributed by atoms with Crippen LogP contribution in [0.15, 0.2) is 48.5 Å². The lowest BCUT2D eigenvalue weighted by Crippen LogP contribution is -2.30. The monoisotopic (exact) mass is 552 g/mol. The molecule has 0 aliphatic heterocycles. The number of hydrogen-bond acceptors (Lipinski definition) is 9. The molecule has 39 heavy (non-hydrogen) atoms. The lowest BCUT2D eigenvalue weighted by Gasteiger charge is -2.18. The van der Waals surface area contributed by atoms with E-state index in [2.05, 4.69) is 17.6 Å². The van der Waals surface area contributed by atoms with Gasteiger partial charge in [-0.05, 0) is 42.9 Å². The Bertz CT molecular complexity index is 1470. The Morgan fingerprint density at radius 1 is 0.974 bits per heavy atom. The van der Waals surface area contributed by atoms with Gasteiger partial charge in [0.05, 0.1) is 22.0 Å². The van der Waals surface area contributed by atoms with Crippen molar-refractivity contribution in [3.8, 4) is 0 Å². The molecule has 0 bridgehead atoms. The van der Waals surface area contributed by atoms with Crippen molar-refractivity contribution in [2.75, 3.05) is 18.5 Å². The van der Waals surface area contributed by atoms with E-state index in [9.17, 15) is 34.6 Å². The molecular weight excluding hydrogens is 528 g/mol. The number of carbonyl (C=O) groups excluding carboxylic acids is 3. The molecule has 0 saturated carbocycles. The van der Waals surface area contributed by atoms with Gasteiger partial charge in [0.15, 0.2) is 0 Å². The van der Waals surface area contributed by atoms with Crippen LogP contribution >= 0.6 is 11.3 Å². The van der Waals surface area contributed by atoms with E-state index in [1.807, 2.05) is 0 Å². The van der Waals surface area contributed by atoms with Crippen LogP contribution < -0.4 is 10.6 Å². The molecule has 0 radical (unpaired) electrons. The van der Waals surface area contributed by atoms with Crippen LogP contribution in [0, 0.1) is 26.1 Å². The van der Waals surface area contributed by atoms with Crippen LogP contribution in [0.2, 0.25) is 0 Å². The van der Waals surface area contributed by atoms with Crippen molar-refractivity contribution in [2.24, 2.45) is 5.92 Å². The Morgan fingerprint density at radius 3 is 2.26 bits per heavy atom. The summed E-state index contributed by atoms with van der Waals surface area (Å²) in [6.45, 7) is 1.78. The number of hydrogen-bond donors (Lipinski definition) is 2. The zero-order valence-corrected chi connectivity index (χ0v) is 21.6. The van der Waals surface area contributed by atoms with Crippen LogP contribution in [0.5, 0.6) is 0 Å². The molecule has 0 spiro atoms. The number of esters is 1. The Morgan fingerprint density at radius 2 is 1.59 bits per heavy atom. The highest BCUT2D eigenvalue weighted by molar-refractivity contribution is 7.17. The third-order valence-corrected chi connectivity index (χ3v) is 7.42. The zero-order chi connectivity index (χ0) is 28.1. The predicted octanol–water partition coefficient (Wildman–Crippen LogP) is 4.53. The summed E-state index contributed by atoms with van der Waals surface area (Å²) in [7, 11) is 0. The Balaban J connectivity index is 1.48. The number of nitro benzene ring substituents is 2. The minimum absolute atomic E-state index is 0.0796. The van der Waals surface area contributed by atoms with E-state index in [4.69, 9.17) is 4.74 Å². The summed E-state index contributed by atoms with van der Waals surface area (Å²) < 4.78 is 5.11. The zero-order valence-electron chi connectivity index (χ0n) is 20.8. The summed E-state index contributed by atoms with van der Waals surface area (Å²) >= 11 is 1.27. The molecule has 0 fully saturated rings. The largest absolute Gasteiger partial charge is 0.460 e. The number of amides is 2. The number of carbonyl (C=O) groups is 3. The fourth-order valence-electron chi connectivity index (χ4n) is 4.35. The number of benzene rings is 2. The van der Waals surface area contributed by atoms with Gasteiger partial charge in [0.2, 0.25) is 0 Å². The number of rotatable bonds is 9. The second-order valence-corrected chi connectivity index (χ2v) is 10.1. The van der Waals surface area contributed by atoms with Gasteiger partial charge in [0.1, 0.15) is 22.7 Å². The van der Waals surface area contributed by atoms with Gasteiger partial charge in [-0.1, -0.05) is 31.2 Å². The lowest BCUT2D eigenvalue weighted by atomic mass is 9.88. The fraction of sp³-hybridized carbons (Fsp3) is 0.269. The predicted molar refractivity (Wildman–Crippen MR) is 142 cm³/mol. The number of nitrogens with one attached hydrogen (secondary N) is 2. The molecule has 13 heteroatoms. The van der Waals surface area contributed by atoms with Gasteiger partial charge in [-0.2, -0.15) is 0 Å². The second kappa shape index (κ2) is 11.8. The number of thiophene rings is 1. The molecule has 1 heterocycles. The van der Waals surface area contributed by atoms with Crippen LogP contribution in [-0.2, 0) is 17.6 Å². The van der Waals surface area contributed by atoms with Crippen molar-refractivity contribution in [3.63, 3.8) is 0 Å². The molecule has 1 aliphatic carbocycles. The van der Waals surface area contributed by atoms with E-state index >= 15 is 0 Å². The van der Waals surface area contributed by atoms with Crippen molar-refractivity contribution in [1.82, 2.24) is 5.32 Å². The molecule has 3 aromatic rings. The molecule has 2 N–H and O–H groups in total. The van der Waals surface area contributed by atoms with Crippen molar-refractivity contribution in [1.29, 1.82) is 0 Å². The average Bonchev–Trinajstić information content (AvgIpc) is 3.27. The maximum atomic E-state index is 13.2. The van der Waals surface area contributed by atoms with Gasteiger partial charge in [0.25, 0.3) is 23.2 Å². The van der Waals surface area contributed by atoms with E-state index in [0.717, 1.165) is 23.3 Å². The standard InChI is InChI=1S/C26H24N4O8S/c1-15-10-11-18-21(14-15)39-25(28-23(31)16-6-2-4-8-19(16)29(34)35)22(18)24(32)27-12-13-38-26(33)17-7-3-5-9-20(17)30(36)37/h2-9,15H,10-14H2,1H3,(H,27,32)(H,28,31). The van der Waals surface area contributed by atoms with Gasteiger partial charge in [-0.3, -0.25) is 29.8 Å². The summed E-state index contributed by atoms with van der Waals surface area (Å²) in [6, 6.07) is 10.9. The number of ether oxygens (including phenoxy) is 1. The van der Waals surface area contributed by atoms with E-state index in [1.54, 1.807) is 0 Å². The lowest BCUT2D eigenvalue weighted by molar-refractivity contribution is -0.385. The quantitative estimate of drug-likeness (QED) is 0.169. The summed E-state index contributed by atoms with van der Waals surface area (Å²) in [5.74, 6) is -1.70. The molecule has 202 valence electrons. The van der Waals surface area contributed by atoms with Crippen molar-refractivity contribution >= 4 is 45.5 Å². The summed E-state index contributed by atoms with van der Waals surface area (Å²) in [4.78, 5) is 60.7. The molecule has 2 amide bonds. The molecule has 2 aromatic carbocycles. The maximum Gasteiger partial charge on any atom is 0.345 e. The summed E-state index contributed by atoms with van der Waals surface area (Å²) in [5, 5.41) is 28.2.